The third-order valence-corrected chi connectivity index (χ3v) is 2.31. The third-order valence-electron chi connectivity index (χ3n) is 2.31. The zero-order valence-corrected chi connectivity index (χ0v) is 8.76. The van der Waals surface area contributed by atoms with E-state index in [1.807, 2.05) is 6.92 Å². The molecule has 0 saturated carbocycles. The standard InChI is InChI=1S/C10H20O2/c1-7(2)6-10(5)11-8(3)9(4)12-10/h7-9H,6H2,1-5H3. The first-order valence-electron chi connectivity index (χ1n) is 4.78. The molecule has 1 aliphatic rings. The fourth-order valence-corrected chi connectivity index (χ4v) is 1.84. The van der Waals surface area contributed by atoms with Crippen LogP contribution in [-0.4, -0.2) is 18.0 Å². The first-order valence-corrected chi connectivity index (χ1v) is 4.78. The van der Waals surface area contributed by atoms with E-state index in [1.54, 1.807) is 0 Å². The average molecular weight is 172 g/mol. The highest BCUT2D eigenvalue weighted by Crippen LogP contribution is 2.33. The van der Waals surface area contributed by atoms with Crippen LogP contribution in [0.2, 0.25) is 0 Å². The Bertz CT molecular complexity index is 138. The summed E-state index contributed by atoms with van der Waals surface area (Å²) in [7, 11) is 0. The Morgan fingerprint density at radius 1 is 1.17 bits per heavy atom. The van der Waals surface area contributed by atoms with E-state index >= 15 is 0 Å². The number of hydrogen-bond acceptors (Lipinski definition) is 2. The molecule has 0 spiro atoms. The average Bonchev–Trinajstić information content (AvgIpc) is 2.04. The van der Waals surface area contributed by atoms with Gasteiger partial charge in [0, 0.05) is 6.42 Å². The Kier molecular flexibility index (Phi) is 2.79. The summed E-state index contributed by atoms with van der Waals surface area (Å²) in [4.78, 5) is 0. The predicted octanol–water partition coefficient (Wildman–Crippen LogP) is 2.57. The van der Waals surface area contributed by atoms with Crippen molar-refractivity contribution >= 4 is 0 Å². The van der Waals surface area contributed by atoms with Gasteiger partial charge in [-0.2, -0.15) is 0 Å². The van der Waals surface area contributed by atoms with Gasteiger partial charge in [-0.25, -0.2) is 0 Å². The minimum absolute atomic E-state index is 0.230. The normalized spacial score (nSPS) is 42.5. The summed E-state index contributed by atoms with van der Waals surface area (Å²) >= 11 is 0. The van der Waals surface area contributed by atoms with Gasteiger partial charge in [-0.05, 0) is 26.7 Å². The molecule has 0 aromatic heterocycles. The lowest BCUT2D eigenvalue weighted by Gasteiger charge is -2.24. The summed E-state index contributed by atoms with van der Waals surface area (Å²) in [5, 5.41) is 0. The van der Waals surface area contributed by atoms with E-state index in [0.29, 0.717) is 5.92 Å². The molecule has 2 unspecified atom stereocenters. The summed E-state index contributed by atoms with van der Waals surface area (Å²) in [6, 6.07) is 0. The van der Waals surface area contributed by atoms with E-state index < -0.39 is 0 Å². The molecule has 2 heteroatoms. The van der Waals surface area contributed by atoms with Crippen molar-refractivity contribution in [3.8, 4) is 0 Å². The van der Waals surface area contributed by atoms with Crippen LogP contribution >= 0.6 is 0 Å². The highest BCUT2D eigenvalue weighted by Gasteiger charge is 2.40. The molecule has 1 aliphatic heterocycles. The van der Waals surface area contributed by atoms with E-state index in [1.165, 1.54) is 0 Å². The Balaban J connectivity index is 2.51. The first kappa shape index (κ1) is 10.0. The summed E-state index contributed by atoms with van der Waals surface area (Å²) < 4.78 is 11.5. The molecule has 2 atom stereocenters. The van der Waals surface area contributed by atoms with Gasteiger partial charge in [0.1, 0.15) is 0 Å². The predicted molar refractivity (Wildman–Crippen MR) is 49.0 cm³/mol. The van der Waals surface area contributed by atoms with Crippen molar-refractivity contribution in [1.29, 1.82) is 0 Å². The van der Waals surface area contributed by atoms with Gasteiger partial charge in [-0.3, -0.25) is 0 Å². The zero-order valence-electron chi connectivity index (χ0n) is 8.76. The maximum atomic E-state index is 5.75. The largest absolute Gasteiger partial charge is 0.345 e. The van der Waals surface area contributed by atoms with E-state index in [4.69, 9.17) is 9.47 Å². The van der Waals surface area contributed by atoms with Crippen molar-refractivity contribution in [1.82, 2.24) is 0 Å². The quantitative estimate of drug-likeness (QED) is 0.637. The second kappa shape index (κ2) is 3.35. The van der Waals surface area contributed by atoms with Crippen LogP contribution in [0.4, 0.5) is 0 Å². The molecule has 1 saturated heterocycles. The van der Waals surface area contributed by atoms with Crippen LogP contribution in [0.5, 0.6) is 0 Å². The fraction of sp³-hybridized carbons (Fsp3) is 1.00. The van der Waals surface area contributed by atoms with Crippen LogP contribution in [0.3, 0.4) is 0 Å². The minimum atomic E-state index is -0.340. The molecule has 1 rings (SSSR count). The highest BCUT2D eigenvalue weighted by atomic mass is 16.7. The molecule has 0 bridgehead atoms. The Morgan fingerprint density at radius 3 is 1.92 bits per heavy atom. The van der Waals surface area contributed by atoms with Crippen LogP contribution < -0.4 is 0 Å². The molecular weight excluding hydrogens is 152 g/mol. The second-order valence-corrected chi connectivity index (χ2v) is 4.38. The monoisotopic (exact) mass is 172 g/mol. The van der Waals surface area contributed by atoms with E-state index in [0.717, 1.165) is 6.42 Å². The summed E-state index contributed by atoms with van der Waals surface area (Å²) in [6.45, 7) is 10.5. The van der Waals surface area contributed by atoms with Crippen molar-refractivity contribution in [2.75, 3.05) is 0 Å². The molecular formula is C10H20O2. The van der Waals surface area contributed by atoms with Crippen LogP contribution in [0.15, 0.2) is 0 Å². The van der Waals surface area contributed by atoms with E-state index in [9.17, 15) is 0 Å². The molecule has 0 N–H and O–H groups in total. The van der Waals surface area contributed by atoms with E-state index in [-0.39, 0.29) is 18.0 Å². The summed E-state index contributed by atoms with van der Waals surface area (Å²) in [5.74, 6) is 0.278. The van der Waals surface area contributed by atoms with E-state index in [2.05, 4.69) is 27.7 Å². The molecule has 1 heterocycles. The minimum Gasteiger partial charge on any atom is -0.345 e. The Labute approximate surface area is 75.2 Å². The highest BCUT2D eigenvalue weighted by molar-refractivity contribution is 4.78. The summed E-state index contributed by atoms with van der Waals surface area (Å²) in [6.07, 6.45) is 1.43. The zero-order chi connectivity index (χ0) is 9.35. The topological polar surface area (TPSA) is 18.5 Å². The van der Waals surface area contributed by atoms with Gasteiger partial charge in [-0.15, -0.1) is 0 Å². The molecule has 0 aromatic carbocycles. The Hall–Kier alpha value is -0.0800. The lowest BCUT2D eigenvalue weighted by atomic mass is 10.0. The lowest BCUT2D eigenvalue weighted by molar-refractivity contribution is -0.169. The van der Waals surface area contributed by atoms with Crippen molar-refractivity contribution in [2.24, 2.45) is 5.92 Å². The maximum absolute atomic E-state index is 5.75. The van der Waals surface area contributed by atoms with Gasteiger partial charge in [0.2, 0.25) is 0 Å². The van der Waals surface area contributed by atoms with Crippen molar-refractivity contribution in [2.45, 2.75) is 59.0 Å². The van der Waals surface area contributed by atoms with Crippen molar-refractivity contribution in [3.05, 3.63) is 0 Å². The van der Waals surface area contributed by atoms with Gasteiger partial charge in [0.15, 0.2) is 5.79 Å². The molecule has 2 nitrogen and oxygen atoms in total. The van der Waals surface area contributed by atoms with Crippen LogP contribution in [0.1, 0.15) is 41.0 Å². The molecule has 12 heavy (non-hydrogen) atoms. The smallest absolute Gasteiger partial charge is 0.166 e. The number of hydrogen-bond donors (Lipinski definition) is 0. The molecule has 72 valence electrons. The maximum Gasteiger partial charge on any atom is 0.166 e. The van der Waals surface area contributed by atoms with Gasteiger partial charge in [0.05, 0.1) is 12.2 Å². The van der Waals surface area contributed by atoms with Gasteiger partial charge in [-0.1, -0.05) is 13.8 Å². The van der Waals surface area contributed by atoms with Crippen LogP contribution in [0, 0.1) is 5.92 Å². The Morgan fingerprint density at radius 2 is 1.58 bits per heavy atom. The molecule has 0 aliphatic carbocycles. The molecule has 0 aromatic rings. The van der Waals surface area contributed by atoms with Gasteiger partial charge < -0.3 is 9.47 Å². The number of ether oxygens (including phenoxy) is 2. The molecule has 0 amide bonds. The fourth-order valence-electron chi connectivity index (χ4n) is 1.84. The first-order chi connectivity index (χ1) is 5.43. The summed E-state index contributed by atoms with van der Waals surface area (Å²) in [5.41, 5.74) is 0. The van der Waals surface area contributed by atoms with Crippen molar-refractivity contribution < 1.29 is 9.47 Å². The van der Waals surface area contributed by atoms with Gasteiger partial charge >= 0.3 is 0 Å². The lowest BCUT2D eigenvalue weighted by Crippen LogP contribution is -2.28. The molecule has 0 radical (unpaired) electrons. The van der Waals surface area contributed by atoms with Gasteiger partial charge in [0.25, 0.3) is 0 Å². The third kappa shape index (κ3) is 2.20. The second-order valence-electron chi connectivity index (χ2n) is 4.38. The van der Waals surface area contributed by atoms with Crippen molar-refractivity contribution in [3.63, 3.8) is 0 Å². The van der Waals surface area contributed by atoms with Crippen LogP contribution in [0.25, 0.3) is 0 Å². The SMILES string of the molecule is CC(C)CC1(C)OC(C)C(C)O1. The molecule has 1 fully saturated rings. The number of rotatable bonds is 2. The van der Waals surface area contributed by atoms with Crippen LogP contribution in [-0.2, 0) is 9.47 Å².